The van der Waals surface area contributed by atoms with Gasteiger partial charge in [-0.2, -0.15) is 0 Å². The van der Waals surface area contributed by atoms with Crippen LogP contribution in [0.1, 0.15) is 37.7 Å². The predicted octanol–water partition coefficient (Wildman–Crippen LogP) is 3.60. The third-order valence-electron chi connectivity index (χ3n) is 3.76. The molecule has 1 unspecified atom stereocenters. The summed E-state index contributed by atoms with van der Waals surface area (Å²) in [4.78, 5) is 0. The zero-order valence-electron chi connectivity index (χ0n) is 11.2. The smallest absolute Gasteiger partial charge is 0.0476 e. The van der Waals surface area contributed by atoms with Gasteiger partial charge in [0, 0.05) is 30.8 Å². The molecule has 3 heteroatoms. The first-order valence-corrected chi connectivity index (χ1v) is 7.08. The Hall–Kier alpha value is -0.570. The SMILES string of the molecule is COCCC(C)NC1CC(c2ccccc2Cl)C1. The molecule has 1 fully saturated rings. The van der Waals surface area contributed by atoms with Gasteiger partial charge >= 0.3 is 0 Å². The van der Waals surface area contributed by atoms with Crippen molar-refractivity contribution in [3.63, 3.8) is 0 Å². The highest BCUT2D eigenvalue weighted by molar-refractivity contribution is 6.31. The molecule has 1 aliphatic rings. The van der Waals surface area contributed by atoms with E-state index in [0.29, 0.717) is 18.0 Å². The lowest BCUT2D eigenvalue weighted by molar-refractivity contribution is 0.175. The van der Waals surface area contributed by atoms with Crippen LogP contribution in [-0.2, 0) is 4.74 Å². The Kier molecular flexibility index (Phi) is 5.04. The molecule has 2 rings (SSSR count). The molecule has 0 aromatic heterocycles. The summed E-state index contributed by atoms with van der Waals surface area (Å²) >= 11 is 6.22. The third-order valence-corrected chi connectivity index (χ3v) is 4.10. The third kappa shape index (κ3) is 3.47. The highest BCUT2D eigenvalue weighted by Crippen LogP contribution is 2.40. The molecule has 1 atom stereocenters. The van der Waals surface area contributed by atoms with Gasteiger partial charge in [0.05, 0.1) is 0 Å². The summed E-state index contributed by atoms with van der Waals surface area (Å²) in [6, 6.07) is 9.37. The van der Waals surface area contributed by atoms with E-state index in [4.69, 9.17) is 16.3 Å². The summed E-state index contributed by atoms with van der Waals surface area (Å²) in [5, 5.41) is 4.56. The quantitative estimate of drug-likeness (QED) is 0.850. The lowest BCUT2D eigenvalue weighted by Gasteiger charge is -2.38. The molecule has 1 N–H and O–H groups in total. The number of benzene rings is 1. The lowest BCUT2D eigenvalue weighted by Crippen LogP contribution is -2.44. The van der Waals surface area contributed by atoms with E-state index < -0.39 is 0 Å². The fraction of sp³-hybridized carbons (Fsp3) is 0.600. The number of halogens is 1. The average Bonchev–Trinajstić information content (AvgIpc) is 2.32. The van der Waals surface area contributed by atoms with Crippen molar-refractivity contribution in [1.82, 2.24) is 5.32 Å². The van der Waals surface area contributed by atoms with Crippen LogP contribution in [0.5, 0.6) is 0 Å². The summed E-state index contributed by atoms with van der Waals surface area (Å²) < 4.78 is 5.09. The number of ether oxygens (including phenoxy) is 1. The molecule has 0 heterocycles. The van der Waals surface area contributed by atoms with Crippen molar-refractivity contribution in [2.75, 3.05) is 13.7 Å². The van der Waals surface area contributed by atoms with Crippen molar-refractivity contribution in [2.24, 2.45) is 0 Å². The van der Waals surface area contributed by atoms with Crippen molar-refractivity contribution in [3.8, 4) is 0 Å². The predicted molar refractivity (Wildman–Crippen MR) is 76.3 cm³/mol. The Morgan fingerprint density at radius 2 is 2.11 bits per heavy atom. The van der Waals surface area contributed by atoms with Gasteiger partial charge in [-0.05, 0) is 43.7 Å². The molecule has 0 spiro atoms. The van der Waals surface area contributed by atoms with Crippen molar-refractivity contribution in [3.05, 3.63) is 34.9 Å². The molecule has 0 amide bonds. The Balaban J connectivity index is 1.75. The molecular formula is C15H22ClNO. The Labute approximate surface area is 115 Å². The van der Waals surface area contributed by atoms with Crippen molar-refractivity contribution < 1.29 is 4.74 Å². The van der Waals surface area contributed by atoms with Gasteiger partial charge in [-0.25, -0.2) is 0 Å². The summed E-state index contributed by atoms with van der Waals surface area (Å²) in [5.74, 6) is 0.630. The fourth-order valence-corrected chi connectivity index (χ4v) is 2.88. The van der Waals surface area contributed by atoms with Gasteiger partial charge in [-0.1, -0.05) is 29.8 Å². The minimum absolute atomic E-state index is 0.530. The number of hydrogen-bond donors (Lipinski definition) is 1. The van der Waals surface area contributed by atoms with Gasteiger partial charge in [0.15, 0.2) is 0 Å². The van der Waals surface area contributed by atoms with E-state index in [1.807, 2.05) is 12.1 Å². The van der Waals surface area contributed by atoms with Crippen LogP contribution in [0, 0.1) is 0 Å². The van der Waals surface area contributed by atoms with Gasteiger partial charge in [0.2, 0.25) is 0 Å². The molecule has 1 aromatic rings. The second kappa shape index (κ2) is 6.55. The molecule has 18 heavy (non-hydrogen) atoms. The van der Waals surface area contributed by atoms with Gasteiger partial charge < -0.3 is 10.1 Å². The van der Waals surface area contributed by atoms with Crippen molar-refractivity contribution in [1.29, 1.82) is 0 Å². The standard InChI is InChI=1S/C15H22ClNO/c1-11(7-8-18-2)17-13-9-12(10-13)14-5-3-4-6-15(14)16/h3-6,11-13,17H,7-10H2,1-2H3. The number of hydrogen-bond acceptors (Lipinski definition) is 2. The molecule has 100 valence electrons. The van der Waals surface area contributed by atoms with E-state index in [1.165, 1.54) is 18.4 Å². The Morgan fingerprint density at radius 3 is 2.78 bits per heavy atom. The first-order valence-electron chi connectivity index (χ1n) is 6.70. The van der Waals surface area contributed by atoms with Gasteiger partial charge in [0.1, 0.15) is 0 Å². The minimum Gasteiger partial charge on any atom is -0.385 e. The van der Waals surface area contributed by atoms with Crippen LogP contribution < -0.4 is 5.32 Å². The van der Waals surface area contributed by atoms with E-state index in [2.05, 4.69) is 24.4 Å². The van der Waals surface area contributed by atoms with E-state index in [9.17, 15) is 0 Å². The number of nitrogens with one attached hydrogen (secondary N) is 1. The monoisotopic (exact) mass is 267 g/mol. The van der Waals surface area contributed by atoms with Crippen LogP contribution in [0.25, 0.3) is 0 Å². The molecule has 2 nitrogen and oxygen atoms in total. The van der Waals surface area contributed by atoms with Gasteiger partial charge in [-0.3, -0.25) is 0 Å². The van der Waals surface area contributed by atoms with E-state index >= 15 is 0 Å². The molecule has 1 aromatic carbocycles. The summed E-state index contributed by atoms with van der Waals surface area (Å²) in [5.41, 5.74) is 1.31. The molecule has 0 aliphatic heterocycles. The van der Waals surface area contributed by atoms with Gasteiger partial charge in [0.25, 0.3) is 0 Å². The normalized spacial score (nSPS) is 24.6. The molecule has 0 radical (unpaired) electrons. The van der Waals surface area contributed by atoms with Crippen molar-refractivity contribution >= 4 is 11.6 Å². The van der Waals surface area contributed by atoms with Crippen LogP contribution in [0.15, 0.2) is 24.3 Å². The maximum absolute atomic E-state index is 6.22. The second-order valence-corrected chi connectivity index (χ2v) is 5.64. The molecule has 1 saturated carbocycles. The van der Waals surface area contributed by atoms with E-state index in [-0.39, 0.29) is 0 Å². The second-order valence-electron chi connectivity index (χ2n) is 5.24. The maximum Gasteiger partial charge on any atom is 0.0476 e. The molecule has 0 saturated heterocycles. The average molecular weight is 268 g/mol. The molecule has 1 aliphatic carbocycles. The highest BCUT2D eigenvalue weighted by atomic mass is 35.5. The zero-order chi connectivity index (χ0) is 13.0. The number of rotatable bonds is 6. The minimum atomic E-state index is 0.530. The van der Waals surface area contributed by atoms with E-state index in [0.717, 1.165) is 18.1 Å². The largest absolute Gasteiger partial charge is 0.385 e. The summed E-state index contributed by atoms with van der Waals surface area (Å²) in [6.45, 7) is 3.05. The lowest BCUT2D eigenvalue weighted by atomic mass is 9.75. The van der Waals surface area contributed by atoms with Crippen LogP contribution in [0.2, 0.25) is 5.02 Å². The summed E-state index contributed by atoms with van der Waals surface area (Å²) in [7, 11) is 1.75. The van der Waals surface area contributed by atoms with Crippen LogP contribution >= 0.6 is 11.6 Å². The maximum atomic E-state index is 6.22. The number of methoxy groups -OCH3 is 1. The van der Waals surface area contributed by atoms with Crippen LogP contribution in [0.3, 0.4) is 0 Å². The summed E-state index contributed by atoms with van der Waals surface area (Å²) in [6.07, 6.45) is 3.46. The molecular weight excluding hydrogens is 246 g/mol. The van der Waals surface area contributed by atoms with Gasteiger partial charge in [-0.15, -0.1) is 0 Å². The Morgan fingerprint density at radius 1 is 1.39 bits per heavy atom. The van der Waals surface area contributed by atoms with Crippen LogP contribution in [0.4, 0.5) is 0 Å². The fourth-order valence-electron chi connectivity index (χ4n) is 2.59. The zero-order valence-corrected chi connectivity index (χ0v) is 11.9. The first kappa shape index (κ1) is 13.9. The van der Waals surface area contributed by atoms with Crippen molar-refractivity contribution in [2.45, 2.75) is 44.2 Å². The Bertz CT molecular complexity index is 377. The molecule has 0 bridgehead atoms. The topological polar surface area (TPSA) is 21.3 Å². The first-order chi connectivity index (χ1) is 8.70. The highest BCUT2D eigenvalue weighted by Gasteiger charge is 2.31. The van der Waals surface area contributed by atoms with Crippen LogP contribution in [-0.4, -0.2) is 25.8 Å². The van der Waals surface area contributed by atoms with E-state index in [1.54, 1.807) is 7.11 Å².